The van der Waals surface area contributed by atoms with E-state index in [1.165, 1.54) is 6.20 Å². The van der Waals surface area contributed by atoms with Gasteiger partial charge in [-0.25, -0.2) is 4.98 Å². The van der Waals surface area contributed by atoms with Crippen molar-refractivity contribution in [2.24, 2.45) is 0 Å². The van der Waals surface area contributed by atoms with E-state index in [9.17, 15) is 18.0 Å². The minimum absolute atomic E-state index is 0.0557. The highest BCUT2D eigenvalue weighted by Gasteiger charge is 2.31. The van der Waals surface area contributed by atoms with Crippen LogP contribution in [0, 0.1) is 0 Å². The maximum Gasteiger partial charge on any atom is 0.417 e. The summed E-state index contributed by atoms with van der Waals surface area (Å²) in [6.07, 6.45) is 0.921. The molecule has 0 N–H and O–H groups in total. The molecule has 3 heterocycles. The van der Waals surface area contributed by atoms with Gasteiger partial charge in [0.15, 0.2) is 5.82 Å². The predicted molar refractivity (Wildman–Crippen MR) is 103 cm³/mol. The second kappa shape index (κ2) is 8.20. The molecule has 3 aromatic heterocycles. The Morgan fingerprint density at radius 3 is 2.52 bits per heavy atom. The van der Waals surface area contributed by atoms with Gasteiger partial charge in [-0.05, 0) is 37.6 Å². The molecule has 0 bridgehead atoms. The zero-order valence-corrected chi connectivity index (χ0v) is 16.3. The molecule has 0 aromatic carbocycles. The minimum atomic E-state index is -4.52. The van der Waals surface area contributed by atoms with Gasteiger partial charge in [0.25, 0.3) is 5.56 Å². The molecule has 0 saturated carbocycles. The lowest BCUT2D eigenvalue weighted by atomic mass is 10.1. The van der Waals surface area contributed by atoms with Gasteiger partial charge in [-0.3, -0.25) is 9.78 Å². The molecule has 0 fully saturated rings. The van der Waals surface area contributed by atoms with Crippen molar-refractivity contribution in [3.63, 3.8) is 0 Å². The summed E-state index contributed by atoms with van der Waals surface area (Å²) >= 11 is 6.32. The van der Waals surface area contributed by atoms with E-state index in [2.05, 4.69) is 15.1 Å². The number of pyridine rings is 2. The molecule has 0 saturated heterocycles. The summed E-state index contributed by atoms with van der Waals surface area (Å²) in [5, 5.41) is 3.97. The van der Waals surface area contributed by atoms with Crippen LogP contribution in [0.4, 0.5) is 18.9 Å². The Balaban J connectivity index is 1.98. The Kier molecular flexibility index (Phi) is 5.88. The Bertz CT molecular complexity index is 1040. The summed E-state index contributed by atoms with van der Waals surface area (Å²) < 4.78 is 39.0. The van der Waals surface area contributed by atoms with E-state index in [-0.39, 0.29) is 16.9 Å². The van der Waals surface area contributed by atoms with E-state index in [4.69, 9.17) is 11.6 Å². The first-order valence-corrected chi connectivity index (χ1v) is 9.09. The molecule has 3 rings (SSSR count). The lowest BCUT2D eigenvalue weighted by Crippen LogP contribution is -2.31. The fourth-order valence-corrected chi connectivity index (χ4v) is 3.16. The summed E-state index contributed by atoms with van der Waals surface area (Å²) in [5.74, 6) is -0.0557. The molecule has 0 aliphatic rings. The maximum atomic E-state index is 12.7. The van der Waals surface area contributed by atoms with E-state index in [1.54, 1.807) is 12.4 Å². The van der Waals surface area contributed by atoms with Crippen LogP contribution in [0.2, 0.25) is 5.02 Å². The molecule has 1 atom stereocenters. The highest BCUT2D eigenvalue weighted by Crippen LogP contribution is 2.30. The van der Waals surface area contributed by atoms with Gasteiger partial charge in [0.2, 0.25) is 0 Å². The third-order valence-electron chi connectivity index (χ3n) is 4.48. The maximum absolute atomic E-state index is 12.7. The number of anilines is 1. The first-order valence-electron chi connectivity index (χ1n) is 8.72. The number of aromatic nitrogens is 4. The fourth-order valence-electron chi connectivity index (χ4n) is 2.92. The molecule has 6 nitrogen and oxygen atoms in total. The summed E-state index contributed by atoms with van der Waals surface area (Å²) in [4.78, 5) is 22.4. The van der Waals surface area contributed by atoms with Crippen LogP contribution in [0.5, 0.6) is 0 Å². The van der Waals surface area contributed by atoms with Gasteiger partial charge in [0, 0.05) is 25.1 Å². The van der Waals surface area contributed by atoms with E-state index >= 15 is 0 Å². The van der Waals surface area contributed by atoms with Crippen LogP contribution in [0.3, 0.4) is 0 Å². The molecule has 0 amide bonds. The van der Waals surface area contributed by atoms with Crippen LogP contribution in [-0.2, 0) is 6.18 Å². The molecule has 152 valence electrons. The van der Waals surface area contributed by atoms with E-state index < -0.39 is 17.3 Å². The first-order chi connectivity index (χ1) is 13.7. The Labute approximate surface area is 169 Å². The van der Waals surface area contributed by atoms with Crippen LogP contribution in [0.1, 0.15) is 31.0 Å². The molecule has 3 aromatic rings. The monoisotopic (exact) mass is 423 g/mol. The number of nitrogens with zero attached hydrogens (tertiary/aromatic N) is 5. The van der Waals surface area contributed by atoms with Crippen molar-refractivity contribution in [3.8, 4) is 5.82 Å². The average Bonchev–Trinajstić information content (AvgIpc) is 2.71. The van der Waals surface area contributed by atoms with E-state index in [0.717, 1.165) is 22.4 Å². The number of halogens is 4. The number of hydrogen-bond acceptors (Lipinski definition) is 5. The van der Waals surface area contributed by atoms with Gasteiger partial charge in [-0.1, -0.05) is 17.7 Å². The van der Waals surface area contributed by atoms with Crippen molar-refractivity contribution >= 4 is 17.3 Å². The topological polar surface area (TPSA) is 63.9 Å². The quantitative estimate of drug-likeness (QED) is 0.612. The van der Waals surface area contributed by atoms with Gasteiger partial charge in [0.1, 0.15) is 5.02 Å². The largest absolute Gasteiger partial charge is 0.417 e. The molecular formula is C19H17ClF3N5O. The smallest absolute Gasteiger partial charge is 0.362 e. The van der Waals surface area contributed by atoms with Crippen LogP contribution in [0.25, 0.3) is 5.82 Å². The summed E-state index contributed by atoms with van der Waals surface area (Å²) in [6.45, 7) is 4.39. The number of hydrogen-bond donors (Lipinski definition) is 0. The molecular weight excluding hydrogens is 407 g/mol. The Hall–Kier alpha value is -2.94. The molecule has 0 aliphatic heterocycles. The summed E-state index contributed by atoms with van der Waals surface area (Å²) in [7, 11) is 0. The van der Waals surface area contributed by atoms with Crippen molar-refractivity contribution in [1.82, 2.24) is 19.7 Å². The SMILES string of the molecule is CCN(c1cnn(-c2ccc(C(F)(F)F)cn2)c(=O)c1Cl)C(C)c1cccnc1. The van der Waals surface area contributed by atoms with Crippen LogP contribution in [-0.4, -0.2) is 26.3 Å². The van der Waals surface area contributed by atoms with Crippen LogP contribution >= 0.6 is 11.6 Å². The van der Waals surface area contributed by atoms with Gasteiger partial charge < -0.3 is 4.90 Å². The van der Waals surface area contributed by atoms with E-state index in [0.29, 0.717) is 18.4 Å². The lowest BCUT2D eigenvalue weighted by molar-refractivity contribution is -0.137. The van der Waals surface area contributed by atoms with Crippen LogP contribution < -0.4 is 10.5 Å². The van der Waals surface area contributed by atoms with Crippen molar-refractivity contribution in [1.29, 1.82) is 0 Å². The Morgan fingerprint density at radius 2 is 1.97 bits per heavy atom. The van der Waals surface area contributed by atoms with Crippen molar-refractivity contribution in [2.75, 3.05) is 11.4 Å². The lowest BCUT2D eigenvalue weighted by Gasteiger charge is -2.30. The molecule has 0 radical (unpaired) electrons. The van der Waals surface area contributed by atoms with Gasteiger partial charge in [0.05, 0.1) is 23.5 Å². The van der Waals surface area contributed by atoms with Gasteiger partial charge >= 0.3 is 6.18 Å². The third-order valence-corrected chi connectivity index (χ3v) is 4.83. The highest BCUT2D eigenvalue weighted by atomic mass is 35.5. The number of alkyl halides is 3. The average molecular weight is 424 g/mol. The third kappa shape index (κ3) is 4.24. The summed E-state index contributed by atoms with van der Waals surface area (Å²) in [6, 6.07) is 5.50. The molecule has 10 heteroatoms. The standard InChI is InChI=1S/C19H17ClF3N5O/c1-3-27(12(2)13-5-4-8-24-9-13)15-11-26-28(18(29)17(15)20)16-7-6-14(10-25-16)19(21,22)23/h4-12H,3H2,1-2H3. The van der Waals surface area contributed by atoms with Gasteiger partial charge in [-0.2, -0.15) is 23.0 Å². The molecule has 29 heavy (non-hydrogen) atoms. The molecule has 0 aliphatic carbocycles. The van der Waals surface area contributed by atoms with Gasteiger partial charge in [-0.15, -0.1) is 0 Å². The summed E-state index contributed by atoms with van der Waals surface area (Å²) in [5.41, 5.74) is -0.245. The normalized spacial score (nSPS) is 12.6. The fraction of sp³-hybridized carbons (Fsp3) is 0.263. The Morgan fingerprint density at radius 1 is 1.21 bits per heavy atom. The van der Waals surface area contributed by atoms with E-state index in [1.807, 2.05) is 30.9 Å². The second-order valence-corrected chi connectivity index (χ2v) is 6.59. The zero-order valence-electron chi connectivity index (χ0n) is 15.6. The zero-order chi connectivity index (χ0) is 21.2. The van der Waals surface area contributed by atoms with Crippen LogP contribution in [0.15, 0.2) is 53.8 Å². The second-order valence-electron chi connectivity index (χ2n) is 6.21. The predicted octanol–water partition coefficient (Wildman–Crippen LogP) is 4.28. The van der Waals surface area contributed by atoms with Crippen molar-refractivity contribution < 1.29 is 13.2 Å². The first kappa shape index (κ1) is 20.8. The van der Waals surface area contributed by atoms with Crippen molar-refractivity contribution in [2.45, 2.75) is 26.1 Å². The molecule has 1 unspecified atom stereocenters. The highest BCUT2D eigenvalue weighted by molar-refractivity contribution is 6.33. The number of rotatable bonds is 5. The van der Waals surface area contributed by atoms with Crippen molar-refractivity contribution in [3.05, 3.63) is 75.6 Å². The molecule has 0 spiro atoms. The minimum Gasteiger partial charge on any atom is -0.362 e.